The SMILES string of the molecule is NCc1cc(S(=O)(=O)Nc2cccc(Cl)c2Cl)c(Br)s1. The lowest BCUT2D eigenvalue weighted by Crippen LogP contribution is -2.13. The number of nitrogens with two attached hydrogens (primary N) is 1. The van der Waals surface area contributed by atoms with Crippen LogP contribution in [0.4, 0.5) is 5.69 Å². The number of sulfonamides is 1. The zero-order chi connectivity index (χ0) is 14.9. The molecule has 0 spiro atoms. The van der Waals surface area contributed by atoms with Crippen LogP contribution in [0.3, 0.4) is 0 Å². The van der Waals surface area contributed by atoms with Gasteiger partial charge in [-0.05, 0) is 34.1 Å². The first-order valence-corrected chi connectivity index (χ1v) is 9.15. The van der Waals surface area contributed by atoms with Gasteiger partial charge in [0.15, 0.2) is 0 Å². The molecule has 0 aliphatic rings. The van der Waals surface area contributed by atoms with Crippen LogP contribution >= 0.6 is 50.5 Å². The highest BCUT2D eigenvalue weighted by Gasteiger charge is 2.22. The average molecular weight is 416 g/mol. The van der Waals surface area contributed by atoms with E-state index in [2.05, 4.69) is 20.7 Å². The van der Waals surface area contributed by atoms with E-state index in [0.717, 1.165) is 4.88 Å². The minimum atomic E-state index is -3.76. The zero-order valence-corrected chi connectivity index (χ0v) is 14.6. The number of anilines is 1. The van der Waals surface area contributed by atoms with Crippen molar-refractivity contribution in [2.75, 3.05) is 4.72 Å². The third-order valence-electron chi connectivity index (χ3n) is 2.39. The van der Waals surface area contributed by atoms with Gasteiger partial charge in [0.05, 0.1) is 19.5 Å². The molecule has 1 aromatic carbocycles. The summed E-state index contributed by atoms with van der Waals surface area (Å²) in [6.07, 6.45) is 0. The maximum Gasteiger partial charge on any atom is 0.263 e. The van der Waals surface area contributed by atoms with Crippen LogP contribution in [0.25, 0.3) is 0 Å². The summed E-state index contributed by atoms with van der Waals surface area (Å²) in [6.45, 7) is 0.275. The van der Waals surface area contributed by atoms with Crippen LogP contribution in [-0.2, 0) is 16.6 Å². The molecular weight excluding hydrogens is 407 g/mol. The molecule has 0 fully saturated rings. The van der Waals surface area contributed by atoms with Crippen molar-refractivity contribution in [3.8, 4) is 0 Å². The third-order valence-corrected chi connectivity index (χ3v) is 6.85. The summed E-state index contributed by atoms with van der Waals surface area (Å²) in [4.78, 5) is 0.883. The van der Waals surface area contributed by atoms with E-state index in [1.165, 1.54) is 23.5 Å². The van der Waals surface area contributed by atoms with E-state index in [-0.39, 0.29) is 27.2 Å². The van der Waals surface area contributed by atoms with Gasteiger partial charge in [-0.25, -0.2) is 8.42 Å². The van der Waals surface area contributed by atoms with Gasteiger partial charge in [-0.15, -0.1) is 11.3 Å². The molecule has 3 N–H and O–H groups in total. The van der Waals surface area contributed by atoms with Gasteiger partial charge in [-0.2, -0.15) is 0 Å². The molecule has 0 unspecified atom stereocenters. The van der Waals surface area contributed by atoms with E-state index >= 15 is 0 Å². The van der Waals surface area contributed by atoms with E-state index in [4.69, 9.17) is 28.9 Å². The van der Waals surface area contributed by atoms with Crippen LogP contribution in [0, 0.1) is 0 Å². The first-order valence-electron chi connectivity index (χ1n) is 5.30. The summed E-state index contributed by atoms with van der Waals surface area (Å²) < 4.78 is 27.6. The van der Waals surface area contributed by atoms with Gasteiger partial charge < -0.3 is 5.73 Å². The molecule has 0 saturated carbocycles. The van der Waals surface area contributed by atoms with E-state index < -0.39 is 10.0 Å². The van der Waals surface area contributed by atoms with Crippen LogP contribution in [0.15, 0.2) is 32.9 Å². The number of rotatable bonds is 4. The summed E-state index contributed by atoms with van der Waals surface area (Å²) in [5.74, 6) is 0. The van der Waals surface area contributed by atoms with Crippen LogP contribution in [0.2, 0.25) is 10.0 Å². The lowest BCUT2D eigenvalue weighted by molar-refractivity contribution is 0.601. The van der Waals surface area contributed by atoms with Gasteiger partial charge in [0, 0.05) is 11.4 Å². The van der Waals surface area contributed by atoms with Crippen LogP contribution in [-0.4, -0.2) is 8.42 Å². The van der Waals surface area contributed by atoms with E-state index in [1.807, 2.05) is 0 Å². The predicted octanol–water partition coefficient (Wildman–Crippen LogP) is 4.08. The Labute approximate surface area is 139 Å². The summed E-state index contributed by atoms with van der Waals surface area (Å²) in [7, 11) is -3.76. The van der Waals surface area contributed by atoms with Crippen molar-refractivity contribution in [2.24, 2.45) is 5.73 Å². The number of thiophene rings is 1. The fourth-order valence-corrected chi connectivity index (χ4v) is 5.50. The van der Waals surface area contributed by atoms with Crippen molar-refractivity contribution in [3.05, 3.63) is 43.0 Å². The number of benzene rings is 1. The molecule has 0 bridgehead atoms. The molecule has 0 saturated heterocycles. The molecule has 108 valence electrons. The van der Waals surface area contributed by atoms with Crippen molar-refractivity contribution in [2.45, 2.75) is 11.4 Å². The van der Waals surface area contributed by atoms with Gasteiger partial charge in [0.25, 0.3) is 10.0 Å². The molecule has 2 aromatic rings. The second-order valence-corrected chi connectivity index (χ2v) is 8.65. The number of hydrogen-bond acceptors (Lipinski definition) is 4. The van der Waals surface area contributed by atoms with Gasteiger partial charge in [-0.1, -0.05) is 29.3 Å². The third kappa shape index (κ3) is 3.29. The first kappa shape index (κ1) is 16.1. The Balaban J connectivity index is 2.40. The molecule has 20 heavy (non-hydrogen) atoms. The molecule has 0 atom stereocenters. The topological polar surface area (TPSA) is 72.2 Å². The minimum absolute atomic E-state index is 0.124. The van der Waals surface area contributed by atoms with Crippen molar-refractivity contribution in [3.63, 3.8) is 0 Å². The number of hydrogen-bond donors (Lipinski definition) is 2. The second kappa shape index (κ2) is 6.21. The molecule has 0 radical (unpaired) electrons. The van der Waals surface area contributed by atoms with Crippen molar-refractivity contribution >= 4 is 66.2 Å². The number of halogens is 3. The molecule has 9 heteroatoms. The van der Waals surface area contributed by atoms with Gasteiger partial charge in [0.1, 0.15) is 4.90 Å². The Morgan fingerprint density at radius 1 is 1.35 bits per heavy atom. The van der Waals surface area contributed by atoms with Crippen LogP contribution in [0.5, 0.6) is 0 Å². The van der Waals surface area contributed by atoms with E-state index in [9.17, 15) is 8.42 Å². The Kier molecular flexibility index (Phi) is 4.99. The monoisotopic (exact) mass is 414 g/mol. The zero-order valence-electron chi connectivity index (χ0n) is 9.86. The Morgan fingerprint density at radius 2 is 2.05 bits per heavy atom. The maximum atomic E-state index is 12.3. The van der Waals surface area contributed by atoms with Gasteiger partial charge in [0.2, 0.25) is 0 Å². The summed E-state index contributed by atoms with van der Waals surface area (Å²) >= 11 is 16.3. The lowest BCUT2D eigenvalue weighted by Gasteiger charge is -2.09. The predicted molar refractivity (Wildman–Crippen MR) is 87.2 cm³/mol. The van der Waals surface area contributed by atoms with Gasteiger partial charge in [-0.3, -0.25) is 4.72 Å². The summed E-state index contributed by atoms with van der Waals surface area (Å²) in [5, 5.41) is 0.432. The molecule has 2 rings (SSSR count). The largest absolute Gasteiger partial charge is 0.326 e. The van der Waals surface area contributed by atoms with E-state index in [0.29, 0.717) is 3.79 Å². The Hall–Kier alpha value is -0.310. The van der Waals surface area contributed by atoms with Gasteiger partial charge >= 0.3 is 0 Å². The minimum Gasteiger partial charge on any atom is -0.326 e. The molecular formula is C11H9BrCl2N2O2S2. The standard InChI is InChI=1S/C11H9BrCl2N2O2S2/c12-11-9(4-6(5-15)19-11)20(17,18)16-8-3-1-2-7(13)10(8)14/h1-4,16H,5,15H2. The summed E-state index contributed by atoms with van der Waals surface area (Å²) in [6, 6.07) is 6.25. The number of nitrogens with one attached hydrogen (secondary N) is 1. The maximum absolute atomic E-state index is 12.3. The fourth-order valence-electron chi connectivity index (χ4n) is 1.46. The van der Waals surface area contributed by atoms with Crippen LogP contribution in [0.1, 0.15) is 4.88 Å². The quantitative estimate of drug-likeness (QED) is 0.790. The molecule has 0 aliphatic carbocycles. The summed E-state index contributed by atoms with van der Waals surface area (Å²) in [5.41, 5.74) is 5.74. The Bertz CT molecular complexity index is 747. The highest BCUT2D eigenvalue weighted by molar-refractivity contribution is 9.11. The average Bonchev–Trinajstić information content (AvgIpc) is 2.77. The normalized spacial score (nSPS) is 11.6. The first-order chi connectivity index (χ1) is 9.35. The van der Waals surface area contributed by atoms with E-state index in [1.54, 1.807) is 12.1 Å². The van der Waals surface area contributed by atoms with Crippen molar-refractivity contribution in [1.82, 2.24) is 0 Å². The molecule has 0 amide bonds. The van der Waals surface area contributed by atoms with Crippen molar-refractivity contribution in [1.29, 1.82) is 0 Å². The second-order valence-electron chi connectivity index (χ2n) is 3.76. The lowest BCUT2D eigenvalue weighted by atomic mass is 10.3. The van der Waals surface area contributed by atoms with Crippen molar-refractivity contribution < 1.29 is 8.42 Å². The molecule has 1 aromatic heterocycles. The fraction of sp³-hybridized carbons (Fsp3) is 0.0909. The highest BCUT2D eigenvalue weighted by Crippen LogP contribution is 2.35. The molecule has 1 heterocycles. The highest BCUT2D eigenvalue weighted by atomic mass is 79.9. The Morgan fingerprint density at radius 3 is 2.65 bits per heavy atom. The molecule has 4 nitrogen and oxygen atoms in total. The molecule has 0 aliphatic heterocycles. The van der Waals surface area contributed by atoms with Crippen LogP contribution < -0.4 is 10.5 Å². The smallest absolute Gasteiger partial charge is 0.263 e.